The summed E-state index contributed by atoms with van der Waals surface area (Å²) in [7, 11) is 1.53. The molecule has 0 saturated carbocycles. The highest BCUT2D eigenvalue weighted by atomic mass is 16.5. The van der Waals surface area contributed by atoms with Crippen molar-refractivity contribution >= 4 is 0 Å². The lowest BCUT2D eigenvalue weighted by atomic mass is 10.3. The Morgan fingerprint density at radius 1 is 1.70 bits per heavy atom. The van der Waals surface area contributed by atoms with Crippen molar-refractivity contribution in [2.24, 2.45) is 0 Å². The van der Waals surface area contributed by atoms with E-state index in [-0.39, 0.29) is 5.63 Å². The van der Waals surface area contributed by atoms with Gasteiger partial charge in [-0.2, -0.15) is 0 Å². The van der Waals surface area contributed by atoms with E-state index in [0.29, 0.717) is 12.2 Å². The molecule has 0 saturated heterocycles. The summed E-state index contributed by atoms with van der Waals surface area (Å²) < 4.78 is 9.32. The lowest BCUT2D eigenvalue weighted by Gasteiger charge is -1.93. The SMILES string of the molecule is COCc1cccoc1=O. The van der Waals surface area contributed by atoms with Crippen LogP contribution in [0.3, 0.4) is 0 Å². The molecule has 0 aliphatic carbocycles. The van der Waals surface area contributed by atoms with E-state index < -0.39 is 0 Å². The molecule has 54 valence electrons. The summed E-state index contributed by atoms with van der Waals surface area (Å²) in [5.74, 6) is 0. The van der Waals surface area contributed by atoms with E-state index in [1.165, 1.54) is 13.4 Å². The van der Waals surface area contributed by atoms with Crippen molar-refractivity contribution in [3.05, 3.63) is 34.4 Å². The third kappa shape index (κ3) is 1.45. The molecule has 0 unspecified atom stereocenters. The third-order valence-electron chi connectivity index (χ3n) is 1.11. The van der Waals surface area contributed by atoms with Crippen LogP contribution in [-0.2, 0) is 11.3 Å². The van der Waals surface area contributed by atoms with Crippen LogP contribution in [0.5, 0.6) is 0 Å². The van der Waals surface area contributed by atoms with Gasteiger partial charge in [0.25, 0.3) is 0 Å². The molecule has 0 N–H and O–H groups in total. The van der Waals surface area contributed by atoms with Crippen molar-refractivity contribution in [2.75, 3.05) is 7.11 Å². The van der Waals surface area contributed by atoms with Crippen molar-refractivity contribution in [3.8, 4) is 0 Å². The molecule has 0 aromatic carbocycles. The van der Waals surface area contributed by atoms with E-state index in [9.17, 15) is 4.79 Å². The van der Waals surface area contributed by atoms with Crippen LogP contribution < -0.4 is 5.63 Å². The predicted octanol–water partition coefficient (Wildman–Crippen LogP) is 0.786. The van der Waals surface area contributed by atoms with Gasteiger partial charge in [0, 0.05) is 7.11 Å². The van der Waals surface area contributed by atoms with E-state index in [1.54, 1.807) is 12.1 Å². The summed E-state index contributed by atoms with van der Waals surface area (Å²) in [6.07, 6.45) is 1.35. The Morgan fingerprint density at radius 3 is 3.10 bits per heavy atom. The van der Waals surface area contributed by atoms with Gasteiger partial charge in [-0.1, -0.05) is 0 Å². The van der Waals surface area contributed by atoms with Crippen molar-refractivity contribution < 1.29 is 9.15 Å². The van der Waals surface area contributed by atoms with Crippen LogP contribution in [0.15, 0.2) is 27.6 Å². The highest BCUT2D eigenvalue weighted by Gasteiger charge is 1.96. The highest BCUT2D eigenvalue weighted by Crippen LogP contribution is 1.91. The maximum atomic E-state index is 10.8. The van der Waals surface area contributed by atoms with E-state index >= 15 is 0 Å². The molecule has 3 nitrogen and oxygen atoms in total. The highest BCUT2D eigenvalue weighted by molar-refractivity contribution is 5.04. The summed E-state index contributed by atoms with van der Waals surface area (Å²) in [6.45, 7) is 0.309. The van der Waals surface area contributed by atoms with Gasteiger partial charge >= 0.3 is 5.63 Å². The van der Waals surface area contributed by atoms with Crippen LogP contribution in [-0.4, -0.2) is 7.11 Å². The molecule has 1 aromatic rings. The van der Waals surface area contributed by atoms with Gasteiger partial charge in [0.15, 0.2) is 0 Å². The Morgan fingerprint density at radius 2 is 2.50 bits per heavy atom. The fourth-order valence-electron chi connectivity index (χ4n) is 0.663. The number of ether oxygens (including phenoxy) is 1. The lowest BCUT2D eigenvalue weighted by Crippen LogP contribution is -2.06. The van der Waals surface area contributed by atoms with Gasteiger partial charge in [-0.15, -0.1) is 0 Å². The maximum Gasteiger partial charge on any atom is 0.341 e. The van der Waals surface area contributed by atoms with Gasteiger partial charge < -0.3 is 9.15 Å². The van der Waals surface area contributed by atoms with Crippen molar-refractivity contribution in [1.82, 2.24) is 0 Å². The van der Waals surface area contributed by atoms with Crippen LogP contribution in [0.4, 0.5) is 0 Å². The van der Waals surface area contributed by atoms with Crippen molar-refractivity contribution in [1.29, 1.82) is 0 Å². The van der Waals surface area contributed by atoms with Gasteiger partial charge in [-0.3, -0.25) is 0 Å². The van der Waals surface area contributed by atoms with Crippen LogP contribution in [0, 0.1) is 0 Å². The van der Waals surface area contributed by atoms with E-state index in [1.807, 2.05) is 0 Å². The topological polar surface area (TPSA) is 39.4 Å². The molecule has 0 aliphatic heterocycles. The molecule has 0 atom stereocenters. The molecule has 1 rings (SSSR count). The van der Waals surface area contributed by atoms with E-state index in [4.69, 9.17) is 4.74 Å². The smallest absolute Gasteiger partial charge is 0.341 e. The molecule has 0 aliphatic rings. The summed E-state index contributed by atoms with van der Waals surface area (Å²) in [5, 5.41) is 0. The molecule has 0 amide bonds. The summed E-state index contributed by atoms with van der Waals surface area (Å²) in [5.41, 5.74) is 0.217. The minimum Gasteiger partial charge on any atom is -0.431 e. The first-order valence-corrected chi connectivity index (χ1v) is 2.90. The van der Waals surface area contributed by atoms with E-state index in [2.05, 4.69) is 4.42 Å². The molecular weight excluding hydrogens is 132 g/mol. The maximum absolute atomic E-state index is 10.8. The Hall–Kier alpha value is -1.09. The van der Waals surface area contributed by atoms with Crippen LogP contribution in [0.1, 0.15) is 5.56 Å². The quantitative estimate of drug-likeness (QED) is 0.609. The molecule has 0 fully saturated rings. The van der Waals surface area contributed by atoms with Crippen molar-refractivity contribution in [2.45, 2.75) is 6.61 Å². The summed E-state index contributed by atoms with van der Waals surface area (Å²) in [6, 6.07) is 3.34. The van der Waals surface area contributed by atoms with Crippen LogP contribution >= 0.6 is 0 Å². The zero-order chi connectivity index (χ0) is 7.40. The minimum atomic E-state index is -0.329. The zero-order valence-electron chi connectivity index (χ0n) is 5.66. The Bertz CT molecular complexity index is 251. The summed E-state index contributed by atoms with van der Waals surface area (Å²) >= 11 is 0. The molecule has 1 heterocycles. The lowest BCUT2D eigenvalue weighted by molar-refractivity contribution is 0.181. The Labute approximate surface area is 58.2 Å². The average molecular weight is 140 g/mol. The molecule has 0 spiro atoms. The second-order valence-electron chi connectivity index (χ2n) is 1.86. The fourth-order valence-corrected chi connectivity index (χ4v) is 0.663. The van der Waals surface area contributed by atoms with Crippen molar-refractivity contribution in [3.63, 3.8) is 0 Å². The number of methoxy groups -OCH3 is 1. The first-order valence-electron chi connectivity index (χ1n) is 2.90. The molecule has 10 heavy (non-hydrogen) atoms. The first kappa shape index (κ1) is 7.02. The number of rotatable bonds is 2. The second-order valence-corrected chi connectivity index (χ2v) is 1.86. The molecule has 0 radical (unpaired) electrons. The van der Waals surface area contributed by atoms with Gasteiger partial charge in [0.1, 0.15) is 0 Å². The van der Waals surface area contributed by atoms with Gasteiger partial charge in [-0.05, 0) is 12.1 Å². The Balaban J connectivity index is 2.92. The van der Waals surface area contributed by atoms with E-state index in [0.717, 1.165) is 0 Å². The fraction of sp³-hybridized carbons (Fsp3) is 0.286. The molecule has 0 bridgehead atoms. The third-order valence-corrected chi connectivity index (χ3v) is 1.11. The van der Waals surface area contributed by atoms with Gasteiger partial charge in [0.2, 0.25) is 0 Å². The van der Waals surface area contributed by atoms with Gasteiger partial charge in [-0.25, -0.2) is 4.79 Å². The molecule has 3 heteroatoms. The monoisotopic (exact) mass is 140 g/mol. The second kappa shape index (κ2) is 3.17. The molecular formula is C7H8O3. The first-order chi connectivity index (χ1) is 4.84. The Kier molecular flexibility index (Phi) is 2.23. The standard InChI is InChI=1S/C7H8O3/c1-9-5-6-3-2-4-10-7(6)8/h2-4H,5H2,1H3. The average Bonchev–Trinajstić information content (AvgIpc) is 1.94. The largest absolute Gasteiger partial charge is 0.431 e. The number of hydrogen-bond donors (Lipinski definition) is 0. The summed E-state index contributed by atoms with van der Waals surface area (Å²) in [4.78, 5) is 10.8. The van der Waals surface area contributed by atoms with Crippen LogP contribution in [0.25, 0.3) is 0 Å². The number of hydrogen-bond acceptors (Lipinski definition) is 3. The van der Waals surface area contributed by atoms with Gasteiger partial charge in [0.05, 0.1) is 18.4 Å². The minimum absolute atomic E-state index is 0.309. The zero-order valence-corrected chi connectivity index (χ0v) is 5.66. The molecule has 1 aromatic heterocycles. The predicted molar refractivity (Wildman–Crippen MR) is 35.7 cm³/mol. The van der Waals surface area contributed by atoms with Crippen LogP contribution in [0.2, 0.25) is 0 Å². The normalized spacial score (nSPS) is 9.70.